The molecular formula is C15H25N3O2. The lowest BCUT2D eigenvalue weighted by Gasteiger charge is -2.37. The number of ether oxygens (including phenoxy) is 1. The van der Waals surface area contributed by atoms with Crippen LogP contribution in [0.1, 0.15) is 41.5 Å². The molecule has 5 nitrogen and oxygen atoms in total. The zero-order valence-electron chi connectivity index (χ0n) is 13.3. The van der Waals surface area contributed by atoms with Crippen molar-refractivity contribution in [2.75, 3.05) is 13.1 Å². The SMILES string of the molecule is C#CCNC(C#N)CN(C(=O)OC(C)(C)C)C(C)(C)C. The Morgan fingerprint density at radius 2 is 1.90 bits per heavy atom. The Balaban J connectivity index is 4.96. The molecule has 1 atom stereocenters. The molecule has 5 heteroatoms. The third kappa shape index (κ3) is 7.01. The summed E-state index contributed by atoms with van der Waals surface area (Å²) in [6, 6.07) is 1.57. The fraction of sp³-hybridized carbons (Fsp3) is 0.733. The Morgan fingerprint density at radius 1 is 1.35 bits per heavy atom. The number of nitrogens with one attached hydrogen (secondary N) is 1. The van der Waals surface area contributed by atoms with E-state index >= 15 is 0 Å². The van der Waals surface area contributed by atoms with Crippen molar-refractivity contribution in [1.29, 1.82) is 5.26 Å². The van der Waals surface area contributed by atoms with E-state index in [0.29, 0.717) is 0 Å². The van der Waals surface area contributed by atoms with Gasteiger partial charge in [0.15, 0.2) is 0 Å². The number of nitrogens with zero attached hydrogens (tertiary/aromatic N) is 2. The van der Waals surface area contributed by atoms with E-state index in [1.54, 1.807) is 0 Å². The summed E-state index contributed by atoms with van der Waals surface area (Å²) in [5.74, 6) is 2.42. The molecule has 0 aliphatic rings. The quantitative estimate of drug-likeness (QED) is 0.801. The molecule has 0 bridgehead atoms. The van der Waals surface area contributed by atoms with Crippen molar-refractivity contribution in [2.45, 2.75) is 58.7 Å². The Morgan fingerprint density at radius 3 is 2.25 bits per heavy atom. The number of hydrogen-bond acceptors (Lipinski definition) is 4. The van der Waals surface area contributed by atoms with Gasteiger partial charge in [-0.2, -0.15) is 5.26 Å². The van der Waals surface area contributed by atoms with Gasteiger partial charge in [-0.05, 0) is 41.5 Å². The Kier molecular flexibility index (Phi) is 6.55. The first kappa shape index (κ1) is 18.3. The summed E-state index contributed by atoms with van der Waals surface area (Å²) in [6.45, 7) is 11.6. The largest absolute Gasteiger partial charge is 0.444 e. The summed E-state index contributed by atoms with van der Waals surface area (Å²) >= 11 is 0. The Hall–Kier alpha value is -1.72. The molecule has 1 unspecified atom stereocenters. The zero-order valence-corrected chi connectivity index (χ0v) is 13.3. The minimum Gasteiger partial charge on any atom is -0.444 e. The lowest BCUT2D eigenvalue weighted by molar-refractivity contribution is 0.00517. The van der Waals surface area contributed by atoms with E-state index in [1.807, 2.05) is 41.5 Å². The van der Waals surface area contributed by atoms with Crippen molar-refractivity contribution in [1.82, 2.24) is 10.2 Å². The van der Waals surface area contributed by atoms with E-state index in [2.05, 4.69) is 17.3 Å². The van der Waals surface area contributed by atoms with Crippen LogP contribution < -0.4 is 5.32 Å². The van der Waals surface area contributed by atoms with E-state index in [4.69, 9.17) is 16.4 Å². The van der Waals surface area contributed by atoms with E-state index in [1.165, 1.54) is 4.90 Å². The van der Waals surface area contributed by atoms with Crippen molar-refractivity contribution in [3.8, 4) is 18.4 Å². The smallest absolute Gasteiger partial charge is 0.410 e. The molecule has 0 aliphatic carbocycles. The normalized spacial score (nSPS) is 13.0. The molecule has 0 aliphatic heterocycles. The molecule has 0 radical (unpaired) electrons. The van der Waals surface area contributed by atoms with Crippen molar-refractivity contribution in [3.05, 3.63) is 0 Å². The molecule has 0 aromatic rings. The summed E-state index contributed by atoms with van der Waals surface area (Å²) in [5, 5.41) is 12.0. The maximum atomic E-state index is 12.3. The Labute approximate surface area is 122 Å². The molecule has 0 spiro atoms. The average Bonchev–Trinajstić information content (AvgIpc) is 2.25. The summed E-state index contributed by atoms with van der Waals surface area (Å²) in [5.41, 5.74) is -1.02. The number of terminal acetylenes is 1. The van der Waals surface area contributed by atoms with Crippen LogP contribution in [-0.2, 0) is 4.74 Å². The van der Waals surface area contributed by atoms with Crippen LogP contribution in [0, 0.1) is 23.7 Å². The first-order chi connectivity index (χ1) is 9.01. The van der Waals surface area contributed by atoms with Gasteiger partial charge in [-0.25, -0.2) is 4.79 Å². The standard InChI is InChI=1S/C15H25N3O2/c1-8-9-17-12(10-16)11-18(14(2,3)4)13(19)20-15(5,6)7/h1,12,17H,9,11H2,2-7H3. The maximum absolute atomic E-state index is 12.3. The molecule has 1 N–H and O–H groups in total. The van der Waals surface area contributed by atoms with Crippen LogP contribution in [0.5, 0.6) is 0 Å². The van der Waals surface area contributed by atoms with Crippen molar-refractivity contribution < 1.29 is 9.53 Å². The summed E-state index contributed by atoms with van der Waals surface area (Å²) in [4.78, 5) is 13.8. The van der Waals surface area contributed by atoms with Gasteiger partial charge in [0, 0.05) is 5.54 Å². The molecule has 0 aromatic heterocycles. The monoisotopic (exact) mass is 279 g/mol. The van der Waals surface area contributed by atoms with E-state index in [9.17, 15) is 4.79 Å². The fourth-order valence-corrected chi connectivity index (χ4v) is 1.46. The van der Waals surface area contributed by atoms with E-state index < -0.39 is 23.3 Å². The van der Waals surface area contributed by atoms with Crippen LogP contribution in [0.25, 0.3) is 0 Å². The van der Waals surface area contributed by atoms with Crippen molar-refractivity contribution >= 4 is 6.09 Å². The molecule has 0 saturated carbocycles. The molecule has 20 heavy (non-hydrogen) atoms. The highest BCUT2D eigenvalue weighted by molar-refractivity contribution is 5.69. The lowest BCUT2D eigenvalue weighted by Crippen LogP contribution is -2.53. The zero-order chi connectivity index (χ0) is 16.0. The number of carbonyl (C=O) groups is 1. The lowest BCUT2D eigenvalue weighted by atomic mass is 10.1. The highest BCUT2D eigenvalue weighted by Gasteiger charge is 2.32. The van der Waals surface area contributed by atoms with Crippen LogP contribution in [0.15, 0.2) is 0 Å². The van der Waals surface area contributed by atoms with Gasteiger partial charge in [0.25, 0.3) is 0 Å². The highest BCUT2D eigenvalue weighted by Crippen LogP contribution is 2.18. The van der Waals surface area contributed by atoms with Gasteiger partial charge in [-0.15, -0.1) is 6.42 Å². The summed E-state index contributed by atoms with van der Waals surface area (Å²) in [6.07, 6.45) is 4.73. The molecule has 1 amide bonds. The first-order valence-corrected chi connectivity index (χ1v) is 6.58. The number of rotatable bonds is 4. The molecule has 0 rings (SSSR count). The molecular weight excluding hydrogens is 254 g/mol. The van der Waals surface area contributed by atoms with Gasteiger partial charge >= 0.3 is 6.09 Å². The van der Waals surface area contributed by atoms with Gasteiger partial charge in [-0.1, -0.05) is 5.92 Å². The molecule has 0 aromatic carbocycles. The predicted molar refractivity (Wildman–Crippen MR) is 78.9 cm³/mol. The molecule has 0 heterocycles. The average molecular weight is 279 g/mol. The molecule has 0 saturated heterocycles. The van der Waals surface area contributed by atoms with Gasteiger partial charge in [-0.3, -0.25) is 5.32 Å². The second-order valence-corrected chi connectivity index (χ2v) is 6.53. The highest BCUT2D eigenvalue weighted by atomic mass is 16.6. The van der Waals surface area contributed by atoms with Crippen LogP contribution in [0.3, 0.4) is 0 Å². The second-order valence-electron chi connectivity index (χ2n) is 6.53. The fourth-order valence-electron chi connectivity index (χ4n) is 1.46. The van der Waals surface area contributed by atoms with Gasteiger partial charge < -0.3 is 9.64 Å². The third-order valence-electron chi connectivity index (χ3n) is 2.40. The second kappa shape index (κ2) is 7.17. The number of amides is 1. The van der Waals surface area contributed by atoms with Crippen molar-refractivity contribution in [2.24, 2.45) is 0 Å². The Bertz CT molecular complexity index is 405. The minimum atomic E-state index is -0.574. The topological polar surface area (TPSA) is 65.4 Å². The van der Waals surface area contributed by atoms with E-state index in [0.717, 1.165) is 0 Å². The van der Waals surface area contributed by atoms with Crippen LogP contribution in [-0.4, -0.2) is 41.3 Å². The van der Waals surface area contributed by atoms with Crippen molar-refractivity contribution in [3.63, 3.8) is 0 Å². The molecule has 0 fully saturated rings. The van der Waals surface area contributed by atoms with Crippen LogP contribution >= 0.6 is 0 Å². The first-order valence-electron chi connectivity index (χ1n) is 6.58. The minimum absolute atomic E-state index is 0.219. The third-order valence-corrected chi connectivity index (χ3v) is 2.40. The van der Waals surface area contributed by atoms with E-state index in [-0.39, 0.29) is 13.1 Å². The predicted octanol–water partition coefficient (Wildman–Crippen LogP) is 2.14. The summed E-state index contributed by atoms with van der Waals surface area (Å²) < 4.78 is 5.39. The van der Waals surface area contributed by atoms with Gasteiger partial charge in [0.05, 0.1) is 19.2 Å². The number of nitriles is 1. The number of hydrogen-bond donors (Lipinski definition) is 1. The van der Waals surface area contributed by atoms with Gasteiger partial charge in [0.2, 0.25) is 0 Å². The summed E-state index contributed by atoms with van der Waals surface area (Å²) in [7, 11) is 0. The van der Waals surface area contributed by atoms with Crippen LogP contribution in [0.2, 0.25) is 0 Å². The van der Waals surface area contributed by atoms with Crippen LogP contribution in [0.4, 0.5) is 4.79 Å². The molecule has 112 valence electrons. The maximum Gasteiger partial charge on any atom is 0.410 e. The van der Waals surface area contributed by atoms with Gasteiger partial charge in [0.1, 0.15) is 11.6 Å². The number of carbonyl (C=O) groups excluding carboxylic acids is 1.